The molecule has 0 spiro atoms. The van der Waals surface area contributed by atoms with Crippen molar-refractivity contribution >= 4 is 18.0 Å². The van der Waals surface area contributed by atoms with Gasteiger partial charge in [-0.05, 0) is 24.5 Å². The molecule has 1 aromatic rings. The molecule has 0 bridgehead atoms. The minimum Gasteiger partial charge on any atom is -0.329 e. The maximum atomic E-state index is 10.9. The maximum Gasteiger partial charge on any atom is 0.220 e. The van der Waals surface area contributed by atoms with Gasteiger partial charge in [0.05, 0.1) is 6.07 Å². The number of likely N-dealkylation sites (tertiary alicyclic amines) is 1. The SMILES string of the molecule is CC.CC(=O)N1CC(C)CC1C#N.O=CNc1ccccc1. The van der Waals surface area contributed by atoms with Gasteiger partial charge < -0.3 is 10.2 Å². The van der Waals surface area contributed by atoms with Crippen molar-refractivity contribution in [2.45, 2.75) is 40.2 Å². The van der Waals surface area contributed by atoms with Gasteiger partial charge in [-0.3, -0.25) is 9.59 Å². The standard InChI is InChI=1S/C8H12N2O.C7H7NO.C2H6/c1-6-3-8(4-9)10(5-6)7(2)11;9-6-8-7-4-2-1-3-5-7;1-2/h6,8H,3,5H2,1-2H3;1-6H,(H,8,9);1-2H3. The summed E-state index contributed by atoms with van der Waals surface area (Å²) in [6, 6.07) is 11.2. The quantitative estimate of drug-likeness (QED) is 0.853. The molecule has 0 saturated carbocycles. The van der Waals surface area contributed by atoms with Crippen LogP contribution in [0.1, 0.15) is 34.1 Å². The third-order valence-corrected chi connectivity index (χ3v) is 3.06. The molecule has 2 atom stereocenters. The Morgan fingerprint density at radius 1 is 1.36 bits per heavy atom. The van der Waals surface area contributed by atoms with Gasteiger partial charge in [-0.25, -0.2) is 0 Å². The van der Waals surface area contributed by atoms with E-state index in [0.29, 0.717) is 12.3 Å². The Morgan fingerprint density at radius 2 is 1.95 bits per heavy atom. The monoisotopic (exact) mass is 303 g/mol. The molecule has 0 aromatic heterocycles. The van der Waals surface area contributed by atoms with Crippen LogP contribution in [0.3, 0.4) is 0 Å². The highest BCUT2D eigenvalue weighted by atomic mass is 16.2. The molecule has 1 aromatic carbocycles. The molecule has 1 heterocycles. The molecule has 1 fully saturated rings. The highest BCUT2D eigenvalue weighted by Gasteiger charge is 2.30. The molecule has 1 saturated heterocycles. The fraction of sp³-hybridized carbons (Fsp3) is 0.471. The molecule has 1 N–H and O–H groups in total. The number of hydrogen-bond acceptors (Lipinski definition) is 3. The average Bonchev–Trinajstić information content (AvgIpc) is 2.93. The van der Waals surface area contributed by atoms with Gasteiger partial charge >= 0.3 is 0 Å². The average molecular weight is 303 g/mol. The second kappa shape index (κ2) is 11.3. The smallest absolute Gasteiger partial charge is 0.220 e. The predicted molar refractivity (Wildman–Crippen MR) is 88.0 cm³/mol. The summed E-state index contributed by atoms with van der Waals surface area (Å²) in [6.45, 7) is 8.32. The van der Waals surface area contributed by atoms with Crippen molar-refractivity contribution in [2.24, 2.45) is 5.92 Å². The molecule has 22 heavy (non-hydrogen) atoms. The van der Waals surface area contributed by atoms with Crippen LogP contribution in [0.5, 0.6) is 0 Å². The number of nitrogens with zero attached hydrogens (tertiary/aromatic N) is 2. The zero-order valence-electron chi connectivity index (χ0n) is 13.7. The second-order valence-electron chi connectivity index (χ2n) is 4.79. The Morgan fingerprint density at radius 3 is 2.36 bits per heavy atom. The number of nitriles is 1. The van der Waals surface area contributed by atoms with E-state index >= 15 is 0 Å². The van der Waals surface area contributed by atoms with Crippen LogP contribution in [-0.2, 0) is 9.59 Å². The van der Waals surface area contributed by atoms with Crippen LogP contribution in [-0.4, -0.2) is 29.8 Å². The van der Waals surface area contributed by atoms with E-state index in [2.05, 4.69) is 18.3 Å². The highest BCUT2D eigenvalue weighted by molar-refractivity contribution is 5.74. The Labute approximate surface area is 132 Å². The highest BCUT2D eigenvalue weighted by Crippen LogP contribution is 2.21. The first kappa shape index (κ1) is 19.7. The molecule has 2 rings (SSSR count). The largest absolute Gasteiger partial charge is 0.329 e. The van der Waals surface area contributed by atoms with Crippen LogP contribution in [0.4, 0.5) is 5.69 Å². The molecular formula is C17H25N3O2. The summed E-state index contributed by atoms with van der Waals surface area (Å²) < 4.78 is 0. The van der Waals surface area contributed by atoms with E-state index in [1.54, 1.807) is 4.90 Å². The number of para-hydroxylation sites is 1. The number of anilines is 1. The topological polar surface area (TPSA) is 73.2 Å². The van der Waals surface area contributed by atoms with Gasteiger partial charge in [0.25, 0.3) is 0 Å². The summed E-state index contributed by atoms with van der Waals surface area (Å²) in [7, 11) is 0. The number of nitrogens with one attached hydrogen (secondary N) is 1. The van der Waals surface area contributed by atoms with Crippen LogP contribution in [0.2, 0.25) is 0 Å². The summed E-state index contributed by atoms with van der Waals surface area (Å²) >= 11 is 0. The predicted octanol–water partition coefficient (Wildman–Crippen LogP) is 3.05. The van der Waals surface area contributed by atoms with Crippen molar-refractivity contribution in [3.8, 4) is 6.07 Å². The van der Waals surface area contributed by atoms with E-state index in [-0.39, 0.29) is 11.9 Å². The van der Waals surface area contributed by atoms with Gasteiger partial charge in [-0.1, -0.05) is 39.0 Å². The number of carbonyl (C=O) groups excluding carboxylic acids is 2. The summed E-state index contributed by atoms with van der Waals surface area (Å²) in [6.07, 6.45) is 1.49. The third-order valence-electron chi connectivity index (χ3n) is 3.06. The Kier molecular flexibility index (Phi) is 10.1. The van der Waals surface area contributed by atoms with Gasteiger partial charge in [0.2, 0.25) is 12.3 Å². The van der Waals surface area contributed by atoms with Gasteiger partial charge in [0.1, 0.15) is 6.04 Å². The summed E-state index contributed by atoms with van der Waals surface area (Å²) in [5, 5.41) is 11.2. The van der Waals surface area contributed by atoms with E-state index < -0.39 is 0 Å². The molecule has 1 aliphatic heterocycles. The fourth-order valence-corrected chi connectivity index (χ4v) is 2.12. The maximum absolute atomic E-state index is 10.9. The van der Waals surface area contributed by atoms with Gasteiger partial charge in [0, 0.05) is 19.2 Å². The molecule has 0 radical (unpaired) electrons. The minimum atomic E-state index is -0.178. The van der Waals surface area contributed by atoms with Gasteiger partial charge in [-0.2, -0.15) is 5.26 Å². The Balaban J connectivity index is 0.000000366. The number of carbonyl (C=O) groups is 2. The molecule has 5 heteroatoms. The van der Waals surface area contributed by atoms with E-state index in [9.17, 15) is 9.59 Å². The number of rotatable bonds is 2. The molecule has 0 aliphatic carbocycles. The molecule has 120 valence electrons. The number of benzene rings is 1. The first-order chi connectivity index (χ1) is 10.6. The Bertz CT molecular complexity index is 482. The lowest BCUT2D eigenvalue weighted by Gasteiger charge is -2.16. The van der Waals surface area contributed by atoms with Crippen LogP contribution >= 0.6 is 0 Å². The van der Waals surface area contributed by atoms with Crippen molar-refractivity contribution < 1.29 is 9.59 Å². The third kappa shape index (κ3) is 6.89. The van der Waals surface area contributed by atoms with Gasteiger partial charge in [0.15, 0.2) is 0 Å². The van der Waals surface area contributed by atoms with Crippen LogP contribution in [0.15, 0.2) is 30.3 Å². The van der Waals surface area contributed by atoms with Crippen molar-refractivity contribution in [1.29, 1.82) is 5.26 Å². The van der Waals surface area contributed by atoms with E-state index in [0.717, 1.165) is 18.7 Å². The molecule has 1 aliphatic rings. The number of hydrogen-bond donors (Lipinski definition) is 1. The molecular weight excluding hydrogens is 278 g/mol. The van der Waals surface area contributed by atoms with E-state index in [1.165, 1.54) is 6.92 Å². The van der Waals surface area contributed by atoms with Crippen LogP contribution in [0, 0.1) is 17.2 Å². The second-order valence-corrected chi connectivity index (χ2v) is 4.79. The first-order valence-corrected chi connectivity index (χ1v) is 7.50. The molecule has 2 amide bonds. The molecule has 5 nitrogen and oxygen atoms in total. The summed E-state index contributed by atoms with van der Waals surface area (Å²) in [4.78, 5) is 22.4. The minimum absolute atomic E-state index is 0.0147. The fourth-order valence-electron chi connectivity index (χ4n) is 2.12. The van der Waals surface area contributed by atoms with Crippen molar-refractivity contribution in [3.63, 3.8) is 0 Å². The lowest BCUT2D eigenvalue weighted by molar-refractivity contribution is -0.128. The van der Waals surface area contributed by atoms with Crippen molar-refractivity contribution in [1.82, 2.24) is 4.90 Å². The lowest BCUT2D eigenvalue weighted by Crippen LogP contribution is -2.32. The van der Waals surface area contributed by atoms with Crippen molar-refractivity contribution in [3.05, 3.63) is 30.3 Å². The van der Waals surface area contributed by atoms with Gasteiger partial charge in [-0.15, -0.1) is 0 Å². The first-order valence-electron chi connectivity index (χ1n) is 7.50. The van der Waals surface area contributed by atoms with Crippen LogP contribution < -0.4 is 5.32 Å². The zero-order valence-corrected chi connectivity index (χ0v) is 13.7. The Hall–Kier alpha value is -2.35. The van der Waals surface area contributed by atoms with E-state index in [1.807, 2.05) is 44.2 Å². The summed E-state index contributed by atoms with van der Waals surface area (Å²) in [5.74, 6) is 0.490. The van der Waals surface area contributed by atoms with Crippen molar-refractivity contribution in [2.75, 3.05) is 11.9 Å². The number of amides is 2. The summed E-state index contributed by atoms with van der Waals surface area (Å²) in [5.41, 5.74) is 0.826. The molecule has 2 unspecified atom stereocenters. The lowest BCUT2D eigenvalue weighted by atomic mass is 10.1. The zero-order chi connectivity index (χ0) is 17.0. The van der Waals surface area contributed by atoms with E-state index in [4.69, 9.17) is 5.26 Å². The van der Waals surface area contributed by atoms with Crippen LogP contribution in [0.25, 0.3) is 0 Å². The normalized spacial score (nSPS) is 18.8.